The van der Waals surface area contributed by atoms with Gasteiger partial charge in [-0.25, -0.2) is 9.78 Å². The van der Waals surface area contributed by atoms with Gasteiger partial charge < -0.3 is 23.9 Å². The predicted octanol–water partition coefficient (Wildman–Crippen LogP) is 5.82. The topological polar surface area (TPSA) is 102 Å². The molecule has 0 radical (unpaired) electrons. The molecule has 2 aliphatic rings. The highest BCUT2D eigenvalue weighted by Crippen LogP contribution is 2.34. The summed E-state index contributed by atoms with van der Waals surface area (Å²) in [4.78, 5) is 30.3. The highest BCUT2D eigenvalue weighted by molar-refractivity contribution is 5.69. The standard InChI is InChI=1S/C29H40N2O6/c1-19(2)18-36-29(34)31-15-13-23-24(17-31)21(10-12-27(32)33)9-11-26(23)35-16-14-25-20(3)37-28(30-25)22-7-5-4-6-8-22/h9,11,19,22H,4-8,10,12-18H2,1-3H3,(H,32,33). The number of nitrogens with zero attached hydrogens (tertiary/aromatic N) is 2. The number of fused-ring (bicyclic) bond motifs is 1. The molecular weight excluding hydrogens is 472 g/mol. The van der Waals surface area contributed by atoms with Gasteiger partial charge in [0.15, 0.2) is 5.89 Å². The summed E-state index contributed by atoms with van der Waals surface area (Å²) in [5, 5.41) is 9.20. The molecule has 1 aliphatic heterocycles. The van der Waals surface area contributed by atoms with Gasteiger partial charge in [-0.3, -0.25) is 4.79 Å². The summed E-state index contributed by atoms with van der Waals surface area (Å²) >= 11 is 0. The van der Waals surface area contributed by atoms with Crippen LogP contribution in [0.5, 0.6) is 5.75 Å². The van der Waals surface area contributed by atoms with Crippen LogP contribution in [-0.4, -0.2) is 46.8 Å². The summed E-state index contributed by atoms with van der Waals surface area (Å²) in [6.45, 7) is 7.76. The SMILES string of the molecule is Cc1oc(C2CCCCC2)nc1CCOc1ccc(CCC(=O)O)c2c1CCN(C(=O)OCC(C)C)C2. The molecule has 8 heteroatoms. The lowest BCUT2D eigenvalue weighted by atomic mass is 9.89. The van der Waals surface area contributed by atoms with E-state index in [0.717, 1.165) is 52.6 Å². The summed E-state index contributed by atoms with van der Waals surface area (Å²) in [5.74, 6) is 2.39. The second-order valence-corrected chi connectivity index (χ2v) is 10.7. The fraction of sp³-hybridized carbons (Fsp3) is 0.621. The molecule has 1 fully saturated rings. The molecule has 1 aromatic heterocycles. The molecule has 0 saturated heterocycles. The van der Waals surface area contributed by atoms with Gasteiger partial charge in [0.25, 0.3) is 0 Å². The maximum absolute atomic E-state index is 12.6. The first-order valence-corrected chi connectivity index (χ1v) is 13.7. The number of carboxylic acids is 1. The van der Waals surface area contributed by atoms with E-state index in [1.54, 1.807) is 4.90 Å². The Balaban J connectivity index is 1.44. The zero-order chi connectivity index (χ0) is 26.4. The predicted molar refractivity (Wildman–Crippen MR) is 139 cm³/mol. The van der Waals surface area contributed by atoms with Crippen molar-refractivity contribution in [2.75, 3.05) is 19.8 Å². The lowest BCUT2D eigenvalue weighted by Gasteiger charge is -2.31. The lowest BCUT2D eigenvalue weighted by Crippen LogP contribution is -2.37. The van der Waals surface area contributed by atoms with E-state index < -0.39 is 5.97 Å². The lowest BCUT2D eigenvalue weighted by molar-refractivity contribution is -0.136. The fourth-order valence-electron chi connectivity index (χ4n) is 5.27. The number of oxazole rings is 1. The second-order valence-electron chi connectivity index (χ2n) is 10.7. The number of aryl methyl sites for hydroxylation is 2. The number of benzene rings is 1. The Morgan fingerprint density at radius 1 is 1.16 bits per heavy atom. The van der Waals surface area contributed by atoms with Crippen molar-refractivity contribution in [3.8, 4) is 5.75 Å². The molecule has 1 N–H and O–H groups in total. The van der Waals surface area contributed by atoms with Gasteiger partial charge in [0.1, 0.15) is 11.5 Å². The van der Waals surface area contributed by atoms with E-state index in [2.05, 4.69) is 0 Å². The largest absolute Gasteiger partial charge is 0.493 e. The smallest absolute Gasteiger partial charge is 0.410 e. The van der Waals surface area contributed by atoms with Gasteiger partial charge in [-0.15, -0.1) is 0 Å². The molecule has 2 aromatic rings. The summed E-state index contributed by atoms with van der Waals surface area (Å²) in [6.07, 6.45) is 7.50. The molecule has 8 nitrogen and oxygen atoms in total. The molecule has 1 amide bonds. The van der Waals surface area contributed by atoms with Crippen molar-refractivity contribution in [2.45, 2.75) is 91.0 Å². The number of hydrogen-bond acceptors (Lipinski definition) is 6. The maximum atomic E-state index is 12.6. The molecule has 37 heavy (non-hydrogen) atoms. The zero-order valence-corrected chi connectivity index (χ0v) is 22.4. The van der Waals surface area contributed by atoms with Crippen LogP contribution in [0.4, 0.5) is 4.79 Å². The molecule has 0 spiro atoms. The van der Waals surface area contributed by atoms with Gasteiger partial charge in [-0.05, 0) is 55.7 Å². The van der Waals surface area contributed by atoms with Gasteiger partial charge in [0.05, 0.1) is 18.9 Å². The number of ether oxygens (including phenoxy) is 2. The Kier molecular flexibility index (Phi) is 9.11. The maximum Gasteiger partial charge on any atom is 0.410 e. The average Bonchev–Trinajstić information content (AvgIpc) is 3.27. The van der Waals surface area contributed by atoms with Crippen molar-refractivity contribution in [1.82, 2.24) is 9.88 Å². The van der Waals surface area contributed by atoms with E-state index in [9.17, 15) is 14.7 Å². The number of rotatable bonds is 10. The van der Waals surface area contributed by atoms with Crippen molar-refractivity contribution in [2.24, 2.45) is 5.92 Å². The summed E-state index contributed by atoms with van der Waals surface area (Å²) < 4.78 is 17.7. The van der Waals surface area contributed by atoms with E-state index in [-0.39, 0.29) is 18.4 Å². The molecule has 202 valence electrons. The number of hydrogen-bond donors (Lipinski definition) is 1. The number of carbonyl (C=O) groups is 2. The van der Waals surface area contributed by atoms with Gasteiger partial charge in [-0.2, -0.15) is 0 Å². The second kappa shape index (κ2) is 12.5. The van der Waals surface area contributed by atoms with E-state index in [4.69, 9.17) is 18.9 Å². The third-order valence-corrected chi connectivity index (χ3v) is 7.33. The normalized spacial score (nSPS) is 16.1. The van der Waals surface area contributed by atoms with Gasteiger partial charge in [0.2, 0.25) is 0 Å². The van der Waals surface area contributed by atoms with Crippen molar-refractivity contribution in [1.29, 1.82) is 0 Å². The first-order chi connectivity index (χ1) is 17.8. The van der Waals surface area contributed by atoms with E-state index >= 15 is 0 Å². The Morgan fingerprint density at radius 3 is 2.68 bits per heavy atom. The Labute approximate surface area is 219 Å². The zero-order valence-electron chi connectivity index (χ0n) is 22.4. The molecule has 0 atom stereocenters. The highest BCUT2D eigenvalue weighted by atomic mass is 16.6. The molecule has 1 saturated carbocycles. The minimum absolute atomic E-state index is 0.0409. The molecule has 1 aliphatic carbocycles. The number of amides is 1. The van der Waals surface area contributed by atoms with Crippen LogP contribution in [0.1, 0.15) is 92.3 Å². The Morgan fingerprint density at radius 2 is 1.95 bits per heavy atom. The number of aliphatic carboxylic acids is 1. The molecule has 1 aromatic carbocycles. The summed E-state index contributed by atoms with van der Waals surface area (Å²) in [6, 6.07) is 3.87. The van der Waals surface area contributed by atoms with E-state index in [0.29, 0.717) is 51.5 Å². The van der Waals surface area contributed by atoms with Crippen LogP contribution in [0.15, 0.2) is 16.5 Å². The van der Waals surface area contributed by atoms with Crippen LogP contribution < -0.4 is 4.74 Å². The number of carboxylic acid groups (broad SMARTS) is 1. The van der Waals surface area contributed by atoms with Crippen LogP contribution >= 0.6 is 0 Å². The first kappa shape index (κ1) is 27.0. The van der Waals surface area contributed by atoms with Crippen molar-refractivity contribution >= 4 is 12.1 Å². The molecule has 2 heterocycles. The molecule has 0 unspecified atom stereocenters. The van der Waals surface area contributed by atoms with Gasteiger partial charge in [0, 0.05) is 37.4 Å². The minimum Gasteiger partial charge on any atom is -0.493 e. The Bertz CT molecular complexity index is 1090. The average molecular weight is 513 g/mol. The molecule has 0 bridgehead atoms. The monoisotopic (exact) mass is 512 g/mol. The number of aromatic nitrogens is 1. The number of carbonyl (C=O) groups excluding carboxylic acids is 1. The van der Waals surface area contributed by atoms with E-state index in [1.165, 1.54) is 19.3 Å². The van der Waals surface area contributed by atoms with Crippen LogP contribution in [-0.2, 0) is 35.3 Å². The first-order valence-electron chi connectivity index (χ1n) is 13.7. The van der Waals surface area contributed by atoms with E-state index in [1.807, 2.05) is 32.9 Å². The van der Waals surface area contributed by atoms with Crippen LogP contribution in [0.2, 0.25) is 0 Å². The van der Waals surface area contributed by atoms with Gasteiger partial charge >= 0.3 is 12.1 Å². The molecule has 4 rings (SSSR count). The summed E-state index contributed by atoms with van der Waals surface area (Å²) in [5.41, 5.74) is 3.92. The highest BCUT2D eigenvalue weighted by Gasteiger charge is 2.27. The third-order valence-electron chi connectivity index (χ3n) is 7.33. The van der Waals surface area contributed by atoms with Gasteiger partial charge in [-0.1, -0.05) is 39.2 Å². The van der Waals surface area contributed by atoms with Crippen molar-refractivity contribution < 1.29 is 28.6 Å². The van der Waals surface area contributed by atoms with Crippen LogP contribution in [0, 0.1) is 12.8 Å². The summed E-state index contributed by atoms with van der Waals surface area (Å²) in [7, 11) is 0. The minimum atomic E-state index is -0.839. The van der Waals surface area contributed by atoms with Crippen LogP contribution in [0.25, 0.3) is 0 Å². The van der Waals surface area contributed by atoms with Crippen molar-refractivity contribution in [3.05, 3.63) is 46.2 Å². The quantitative estimate of drug-likeness (QED) is 0.428. The Hall–Kier alpha value is -3.03. The van der Waals surface area contributed by atoms with Crippen molar-refractivity contribution in [3.63, 3.8) is 0 Å². The van der Waals surface area contributed by atoms with Crippen LogP contribution in [0.3, 0.4) is 0 Å². The third kappa shape index (κ3) is 7.05. The molecular formula is C29H40N2O6. The fourth-order valence-corrected chi connectivity index (χ4v) is 5.27.